The number of aliphatic hydroxyl groups excluding tert-OH is 1. The van der Waals surface area contributed by atoms with Gasteiger partial charge in [-0.05, 0) is 31.9 Å². The van der Waals surface area contributed by atoms with Crippen LogP contribution in [0.3, 0.4) is 0 Å². The van der Waals surface area contributed by atoms with E-state index < -0.39 is 10.8 Å². The Morgan fingerprint density at radius 1 is 1.43 bits per heavy atom. The van der Waals surface area contributed by atoms with Gasteiger partial charge in [-0.25, -0.2) is 0 Å². The van der Waals surface area contributed by atoms with Crippen molar-refractivity contribution in [3.63, 3.8) is 0 Å². The molecule has 1 saturated heterocycles. The molecular formula is C15H20ClN3O4. The van der Waals surface area contributed by atoms with E-state index in [0.29, 0.717) is 6.54 Å². The van der Waals surface area contributed by atoms with Gasteiger partial charge in [0.25, 0.3) is 11.6 Å². The topological polar surface area (TPSA) is 95.7 Å². The molecule has 0 saturated carbocycles. The van der Waals surface area contributed by atoms with Gasteiger partial charge < -0.3 is 15.3 Å². The number of nitro groups is 1. The van der Waals surface area contributed by atoms with Gasteiger partial charge in [-0.15, -0.1) is 0 Å². The molecule has 1 aliphatic heterocycles. The smallest absolute Gasteiger partial charge is 0.270 e. The molecule has 23 heavy (non-hydrogen) atoms. The van der Waals surface area contributed by atoms with E-state index in [-0.39, 0.29) is 22.4 Å². The number of nitrogens with zero attached hydrogens (tertiary/aromatic N) is 2. The van der Waals surface area contributed by atoms with Crippen LogP contribution in [0.25, 0.3) is 0 Å². The van der Waals surface area contributed by atoms with Crippen molar-refractivity contribution in [2.75, 3.05) is 26.2 Å². The van der Waals surface area contributed by atoms with Crippen LogP contribution in [0, 0.1) is 10.1 Å². The highest BCUT2D eigenvalue weighted by atomic mass is 35.5. The van der Waals surface area contributed by atoms with Gasteiger partial charge in [-0.1, -0.05) is 11.6 Å². The number of amides is 1. The highest BCUT2D eigenvalue weighted by Gasteiger charge is 2.17. The quantitative estimate of drug-likeness (QED) is 0.467. The van der Waals surface area contributed by atoms with E-state index in [4.69, 9.17) is 11.6 Å². The van der Waals surface area contributed by atoms with Crippen molar-refractivity contribution in [2.45, 2.75) is 25.4 Å². The first-order valence-electron chi connectivity index (χ1n) is 7.60. The number of rotatable bonds is 6. The summed E-state index contributed by atoms with van der Waals surface area (Å²) in [7, 11) is 0. The van der Waals surface area contributed by atoms with Crippen LogP contribution < -0.4 is 5.32 Å². The van der Waals surface area contributed by atoms with Gasteiger partial charge in [-0.3, -0.25) is 14.9 Å². The molecular weight excluding hydrogens is 322 g/mol. The van der Waals surface area contributed by atoms with Crippen molar-refractivity contribution in [3.8, 4) is 0 Å². The van der Waals surface area contributed by atoms with E-state index in [1.165, 1.54) is 18.2 Å². The molecule has 7 nitrogen and oxygen atoms in total. The molecule has 0 unspecified atom stereocenters. The summed E-state index contributed by atoms with van der Waals surface area (Å²) in [6.07, 6.45) is 2.15. The predicted molar refractivity (Wildman–Crippen MR) is 86.7 cm³/mol. The Morgan fingerprint density at radius 2 is 2.13 bits per heavy atom. The maximum absolute atomic E-state index is 12.1. The molecule has 8 heteroatoms. The van der Waals surface area contributed by atoms with Crippen molar-refractivity contribution >= 4 is 23.2 Å². The molecule has 2 rings (SSSR count). The van der Waals surface area contributed by atoms with Crippen LogP contribution in [0.4, 0.5) is 5.69 Å². The Kier molecular flexibility index (Phi) is 6.32. The van der Waals surface area contributed by atoms with E-state index in [1.807, 2.05) is 0 Å². The molecule has 0 aromatic heterocycles. The maximum atomic E-state index is 12.1. The molecule has 1 aromatic rings. The first-order valence-corrected chi connectivity index (χ1v) is 7.97. The van der Waals surface area contributed by atoms with E-state index in [0.717, 1.165) is 38.9 Å². The number of nitrogens with one attached hydrogen (secondary N) is 1. The van der Waals surface area contributed by atoms with Gasteiger partial charge in [0, 0.05) is 31.8 Å². The zero-order valence-corrected chi connectivity index (χ0v) is 13.5. The monoisotopic (exact) mass is 341 g/mol. The summed E-state index contributed by atoms with van der Waals surface area (Å²) < 4.78 is 0. The molecule has 0 atom stereocenters. The minimum atomic E-state index is -0.558. The number of hydrogen-bond acceptors (Lipinski definition) is 5. The van der Waals surface area contributed by atoms with E-state index >= 15 is 0 Å². The van der Waals surface area contributed by atoms with Gasteiger partial charge in [0.2, 0.25) is 0 Å². The normalized spacial score (nSPS) is 16.3. The lowest BCUT2D eigenvalue weighted by Crippen LogP contribution is -2.37. The van der Waals surface area contributed by atoms with Crippen molar-refractivity contribution < 1.29 is 14.8 Å². The van der Waals surface area contributed by atoms with Gasteiger partial charge in [0.05, 0.1) is 21.6 Å². The number of halogens is 1. The summed E-state index contributed by atoms with van der Waals surface area (Å²) in [5, 5.41) is 23.1. The van der Waals surface area contributed by atoms with Gasteiger partial charge in [-0.2, -0.15) is 0 Å². The maximum Gasteiger partial charge on any atom is 0.270 e. The lowest BCUT2D eigenvalue weighted by atomic mass is 10.1. The Morgan fingerprint density at radius 3 is 2.78 bits per heavy atom. The Bertz CT molecular complexity index is 574. The molecule has 1 heterocycles. The van der Waals surface area contributed by atoms with Gasteiger partial charge >= 0.3 is 0 Å². The van der Waals surface area contributed by atoms with Crippen LogP contribution in [-0.4, -0.2) is 53.1 Å². The zero-order chi connectivity index (χ0) is 16.8. The lowest BCUT2D eigenvalue weighted by molar-refractivity contribution is -0.384. The molecule has 0 bridgehead atoms. The molecule has 1 aliphatic rings. The summed E-state index contributed by atoms with van der Waals surface area (Å²) in [6.45, 7) is 3.05. The van der Waals surface area contributed by atoms with E-state index in [2.05, 4.69) is 10.2 Å². The minimum Gasteiger partial charge on any atom is -0.393 e. The Hall–Kier alpha value is -1.70. The van der Waals surface area contributed by atoms with E-state index in [1.54, 1.807) is 0 Å². The Labute approximate surface area is 139 Å². The average molecular weight is 342 g/mol. The minimum absolute atomic E-state index is 0.113. The molecule has 0 spiro atoms. The summed E-state index contributed by atoms with van der Waals surface area (Å²) in [4.78, 5) is 24.5. The van der Waals surface area contributed by atoms with Crippen LogP contribution >= 0.6 is 11.6 Å². The standard InChI is InChI=1S/C15H20ClN3O4/c16-14-3-2-11(19(22)23)10-13(14)15(21)17-6-1-7-18-8-4-12(20)5-9-18/h2-3,10,12,20H,1,4-9H2,(H,17,21). The van der Waals surface area contributed by atoms with Crippen LogP contribution in [-0.2, 0) is 0 Å². The summed E-state index contributed by atoms with van der Waals surface area (Å²) >= 11 is 5.93. The third-order valence-corrected chi connectivity index (χ3v) is 4.23. The SMILES string of the molecule is O=C(NCCCN1CCC(O)CC1)c1cc([N+](=O)[O-])ccc1Cl. The fraction of sp³-hybridized carbons (Fsp3) is 0.533. The van der Waals surface area contributed by atoms with E-state index in [9.17, 15) is 20.0 Å². The molecule has 0 aliphatic carbocycles. The third kappa shape index (κ3) is 5.16. The van der Waals surface area contributed by atoms with Gasteiger partial charge in [0.15, 0.2) is 0 Å². The summed E-state index contributed by atoms with van der Waals surface area (Å²) in [5.41, 5.74) is -0.0478. The number of piperidine rings is 1. The van der Waals surface area contributed by atoms with Crippen molar-refractivity contribution in [1.29, 1.82) is 0 Å². The first kappa shape index (κ1) is 17.7. The molecule has 1 fully saturated rings. The first-order chi connectivity index (χ1) is 11.0. The summed E-state index contributed by atoms with van der Waals surface area (Å²) in [6, 6.07) is 3.81. The van der Waals surface area contributed by atoms with Crippen LogP contribution in [0.1, 0.15) is 29.6 Å². The van der Waals surface area contributed by atoms with Crippen LogP contribution in [0.5, 0.6) is 0 Å². The number of hydrogen-bond donors (Lipinski definition) is 2. The van der Waals surface area contributed by atoms with Crippen molar-refractivity contribution in [1.82, 2.24) is 10.2 Å². The zero-order valence-electron chi connectivity index (χ0n) is 12.7. The highest BCUT2D eigenvalue weighted by molar-refractivity contribution is 6.33. The number of benzene rings is 1. The fourth-order valence-corrected chi connectivity index (χ4v) is 2.75. The molecule has 1 amide bonds. The lowest BCUT2D eigenvalue weighted by Gasteiger charge is -2.29. The second kappa shape index (κ2) is 8.24. The number of aliphatic hydroxyl groups is 1. The largest absolute Gasteiger partial charge is 0.393 e. The number of nitro benzene ring substituents is 1. The summed E-state index contributed by atoms with van der Waals surface area (Å²) in [5.74, 6) is -0.409. The number of likely N-dealkylation sites (tertiary alicyclic amines) is 1. The van der Waals surface area contributed by atoms with Crippen LogP contribution in [0.15, 0.2) is 18.2 Å². The van der Waals surface area contributed by atoms with Crippen LogP contribution in [0.2, 0.25) is 5.02 Å². The predicted octanol–water partition coefficient (Wildman–Crippen LogP) is 1.82. The average Bonchev–Trinajstić information content (AvgIpc) is 2.53. The van der Waals surface area contributed by atoms with Crippen molar-refractivity contribution in [3.05, 3.63) is 38.9 Å². The molecule has 0 radical (unpaired) electrons. The fourth-order valence-electron chi connectivity index (χ4n) is 2.54. The Balaban J connectivity index is 1.78. The third-order valence-electron chi connectivity index (χ3n) is 3.90. The highest BCUT2D eigenvalue weighted by Crippen LogP contribution is 2.21. The second-order valence-corrected chi connectivity index (χ2v) is 6.01. The molecule has 126 valence electrons. The molecule has 1 aromatic carbocycles. The second-order valence-electron chi connectivity index (χ2n) is 5.60. The number of carbonyl (C=O) groups is 1. The molecule has 2 N–H and O–H groups in total. The number of carbonyl (C=O) groups excluding carboxylic acids is 1. The van der Waals surface area contributed by atoms with Gasteiger partial charge in [0.1, 0.15) is 0 Å². The number of non-ortho nitro benzene ring substituents is 1. The van der Waals surface area contributed by atoms with Crippen molar-refractivity contribution in [2.24, 2.45) is 0 Å².